The van der Waals surface area contributed by atoms with Gasteiger partial charge in [-0.2, -0.15) is 0 Å². The zero-order valence-corrected chi connectivity index (χ0v) is 45.6. The smallest absolute Gasteiger partial charge is 0.0462 e. The monoisotopic (exact) mass is 990 g/mol. The Morgan fingerprint density at radius 1 is 0.329 bits per heavy atom. The summed E-state index contributed by atoms with van der Waals surface area (Å²) in [5, 5.41) is 0. The number of hydrogen-bond acceptors (Lipinski definition) is 1. The topological polar surface area (TPSA) is 3.24 Å². The van der Waals surface area contributed by atoms with E-state index in [4.69, 9.17) is 0 Å². The largest absolute Gasteiger partial charge is 0.311 e. The molecular formula is C75H75N. The lowest BCUT2D eigenvalue weighted by Crippen LogP contribution is -2.25. The van der Waals surface area contributed by atoms with E-state index in [2.05, 4.69) is 245 Å². The first-order valence-corrected chi connectivity index (χ1v) is 28.9. The molecule has 0 aliphatic heterocycles. The molecule has 0 bridgehead atoms. The van der Waals surface area contributed by atoms with Crippen molar-refractivity contribution in [3.8, 4) is 55.6 Å². The van der Waals surface area contributed by atoms with Gasteiger partial charge in [-0.25, -0.2) is 0 Å². The van der Waals surface area contributed by atoms with Gasteiger partial charge in [0.25, 0.3) is 0 Å². The van der Waals surface area contributed by atoms with Crippen molar-refractivity contribution in [1.29, 1.82) is 0 Å². The summed E-state index contributed by atoms with van der Waals surface area (Å²) < 4.78 is 0. The third kappa shape index (κ3) is 10.6. The van der Waals surface area contributed by atoms with Gasteiger partial charge in [-0.05, 0) is 182 Å². The Labute approximate surface area is 455 Å². The Hall–Kier alpha value is -7.48. The van der Waals surface area contributed by atoms with E-state index in [9.17, 15) is 0 Å². The standard InChI is InChI=1S/C75H75N/c1-5-7-9-11-13-21-47-75(48-22-14-12-10-8-6-2)73-52-61(58-25-19-16-20-26-58)35-45-68(73)69-46-36-62(53-74(69)75)60-34-44-67-66-43-33-59(57-23-17-15-18-24-57)50-71(66)70(72(67)51-60)49-56-31-41-65(42-32-56)76(63-37-27-54(3)28-38-63)64-39-29-55(4)30-40-64/h15-20,23-46,49-53H,5-14,21-22,47-48H2,1-4H3/b70-49-. The molecule has 2 aliphatic carbocycles. The number of aryl methyl sites for hydroxylation is 2. The summed E-state index contributed by atoms with van der Waals surface area (Å²) in [6.45, 7) is 8.96. The Bertz CT molecular complexity index is 3370. The van der Waals surface area contributed by atoms with Gasteiger partial charge >= 0.3 is 0 Å². The molecule has 0 amide bonds. The third-order valence-electron chi connectivity index (χ3n) is 16.8. The zero-order chi connectivity index (χ0) is 51.8. The lowest BCUT2D eigenvalue weighted by Gasteiger charge is -2.33. The van der Waals surface area contributed by atoms with E-state index in [0.717, 1.165) is 17.1 Å². The Morgan fingerprint density at radius 3 is 1.14 bits per heavy atom. The van der Waals surface area contributed by atoms with E-state index in [0.29, 0.717) is 0 Å². The fourth-order valence-electron chi connectivity index (χ4n) is 12.6. The van der Waals surface area contributed by atoms with Gasteiger partial charge in [0.2, 0.25) is 0 Å². The van der Waals surface area contributed by atoms with Crippen LogP contribution >= 0.6 is 0 Å². The average molecular weight is 990 g/mol. The van der Waals surface area contributed by atoms with Crippen LogP contribution in [-0.2, 0) is 5.41 Å². The summed E-state index contributed by atoms with van der Waals surface area (Å²) in [6, 6.07) is 78.2. The predicted octanol–water partition coefficient (Wildman–Crippen LogP) is 22.1. The zero-order valence-electron chi connectivity index (χ0n) is 45.6. The summed E-state index contributed by atoms with van der Waals surface area (Å²) in [4.78, 5) is 2.36. The number of benzene rings is 9. The van der Waals surface area contributed by atoms with Crippen LogP contribution in [0.25, 0.3) is 67.3 Å². The van der Waals surface area contributed by atoms with Crippen LogP contribution in [0.15, 0.2) is 206 Å². The average Bonchev–Trinajstić information content (AvgIpc) is 3.95. The fourth-order valence-corrected chi connectivity index (χ4v) is 12.6. The number of fused-ring (bicyclic) bond motifs is 6. The van der Waals surface area contributed by atoms with Crippen molar-refractivity contribution in [2.45, 2.75) is 123 Å². The predicted molar refractivity (Wildman–Crippen MR) is 328 cm³/mol. The van der Waals surface area contributed by atoms with Crippen LogP contribution < -0.4 is 4.90 Å². The van der Waals surface area contributed by atoms with Crippen molar-refractivity contribution >= 4 is 28.7 Å². The van der Waals surface area contributed by atoms with E-state index in [-0.39, 0.29) is 5.41 Å². The van der Waals surface area contributed by atoms with Crippen LogP contribution in [0.1, 0.15) is 143 Å². The molecule has 0 aromatic heterocycles. The van der Waals surface area contributed by atoms with E-state index in [1.165, 1.54) is 179 Å². The Morgan fingerprint density at radius 2 is 0.697 bits per heavy atom. The minimum absolute atomic E-state index is 0.0342. The number of rotatable bonds is 21. The van der Waals surface area contributed by atoms with Gasteiger partial charge in [-0.3, -0.25) is 0 Å². The molecule has 9 aromatic carbocycles. The highest BCUT2D eigenvalue weighted by molar-refractivity contribution is 6.08. The number of unbranched alkanes of at least 4 members (excludes halogenated alkanes) is 10. The molecule has 380 valence electrons. The molecule has 0 heterocycles. The molecule has 1 nitrogen and oxygen atoms in total. The summed E-state index contributed by atoms with van der Waals surface area (Å²) in [7, 11) is 0. The van der Waals surface area contributed by atoms with E-state index < -0.39 is 0 Å². The fraction of sp³-hybridized carbons (Fsp3) is 0.253. The molecule has 0 spiro atoms. The van der Waals surface area contributed by atoms with Crippen molar-refractivity contribution in [1.82, 2.24) is 0 Å². The van der Waals surface area contributed by atoms with Crippen LogP contribution in [0, 0.1) is 13.8 Å². The van der Waals surface area contributed by atoms with Gasteiger partial charge in [0.1, 0.15) is 0 Å². The number of nitrogens with zero attached hydrogens (tertiary/aromatic N) is 1. The highest BCUT2D eigenvalue weighted by Gasteiger charge is 2.43. The summed E-state index contributed by atoms with van der Waals surface area (Å²) in [5.41, 5.74) is 27.2. The van der Waals surface area contributed by atoms with Crippen molar-refractivity contribution in [3.05, 3.63) is 245 Å². The van der Waals surface area contributed by atoms with Gasteiger partial charge < -0.3 is 4.90 Å². The van der Waals surface area contributed by atoms with Gasteiger partial charge in [0.15, 0.2) is 0 Å². The molecule has 1 heteroatoms. The number of hydrogen-bond donors (Lipinski definition) is 0. The van der Waals surface area contributed by atoms with Crippen molar-refractivity contribution in [3.63, 3.8) is 0 Å². The summed E-state index contributed by atoms with van der Waals surface area (Å²) >= 11 is 0. The molecule has 11 rings (SSSR count). The molecule has 76 heavy (non-hydrogen) atoms. The van der Waals surface area contributed by atoms with Gasteiger partial charge in [0, 0.05) is 22.5 Å². The molecule has 0 saturated carbocycles. The molecular weight excluding hydrogens is 915 g/mol. The molecule has 0 atom stereocenters. The first kappa shape index (κ1) is 50.7. The molecule has 0 fully saturated rings. The van der Waals surface area contributed by atoms with E-state index in [1.807, 2.05) is 0 Å². The first-order chi connectivity index (χ1) is 37.4. The second kappa shape index (κ2) is 23.2. The molecule has 0 unspecified atom stereocenters. The normalized spacial score (nSPS) is 13.3. The Balaban J connectivity index is 1.00. The second-order valence-corrected chi connectivity index (χ2v) is 22.0. The number of anilines is 3. The van der Waals surface area contributed by atoms with Gasteiger partial charge in [-0.15, -0.1) is 0 Å². The highest BCUT2D eigenvalue weighted by Crippen LogP contribution is 2.56. The SMILES string of the molecule is CCCCCCCCC1(CCCCCCCC)c2cc(-c3ccccc3)ccc2-c2ccc(-c3ccc4c(c3)/C(=C\c3ccc(N(c5ccc(C)cc5)c5ccc(C)cc5)cc3)c3cc(-c5ccccc5)ccc3-4)cc21. The highest BCUT2D eigenvalue weighted by atomic mass is 15.1. The van der Waals surface area contributed by atoms with Crippen molar-refractivity contribution in [2.24, 2.45) is 0 Å². The molecule has 0 radical (unpaired) electrons. The van der Waals surface area contributed by atoms with Crippen LogP contribution in [0.2, 0.25) is 0 Å². The lowest BCUT2D eigenvalue weighted by molar-refractivity contribution is 0.398. The van der Waals surface area contributed by atoms with Crippen LogP contribution in [0.4, 0.5) is 17.1 Å². The second-order valence-electron chi connectivity index (χ2n) is 22.0. The van der Waals surface area contributed by atoms with Crippen LogP contribution in [-0.4, -0.2) is 0 Å². The first-order valence-electron chi connectivity index (χ1n) is 28.9. The van der Waals surface area contributed by atoms with Crippen molar-refractivity contribution in [2.75, 3.05) is 4.90 Å². The maximum Gasteiger partial charge on any atom is 0.0462 e. The summed E-state index contributed by atoms with van der Waals surface area (Å²) in [6.07, 6.45) is 20.5. The van der Waals surface area contributed by atoms with Crippen LogP contribution in [0.5, 0.6) is 0 Å². The van der Waals surface area contributed by atoms with Gasteiger partial charge in [0.05, 0.1) is 0 Å². The lowest BCUT2D eigenvalue weighted by atomic mass is 9.70. The van der Waals surface area contributed by atoms with Crippen LogP contribution in [0.3, 0.4) is 0 Å². The maximum atomic E-state index is 2.64. The van der Waals surface area contributed by atoms with Crippen molar-refractivity contribution < 1.29 is 0 Å². The van der Waals surface area contributed by atoms with Gasteiger partial charge in [-0.1, -0.05) is 248 Å². The van der Waals surface area contributed by atoms with E-state index >= 15 is 0 Å². The minimum Gasteiger partial charge on any atom is -0.311 e. The van der Waals surface area contributed by atoms with E-state index in [1.54, 1.807) is 11.1 Å². The quantitative estimate of drug-likeness (QED) is 0.0649. The minimum atomic E-state index is -0.0342. The summed E-state index contributed by atoms with van der Waals surface area (Å²) in [5.74, 6) is 0. The molecule has 9 aromatic rings. The maximum absolute atomic E-state index is 2.64. The molecule has 0 saturated heterocycles. The third-order valence-corrected chi connectivity index (χ3v) is 16.8. The Kier molecular flexibility index (Phi) is 15.5. The molecule has 0 N–H and O–H groups in total. The molecule has 2 aliphatic rings.